The molecule has 0 saturated heterocycles. The highest BCUT2D eigenvalue weighted by molar-refractivity contribution is 5.59. The van der Waals surface area contributed by atoms with Crippen LogP contribution in [0, 0.1) is 11.3 Å². The molecule has 0 fully saturated rings. The van der Waals surface area contributed by atoms with Gasteiger partial charge in [0.25, 0.3) is 0 Å². The van der Waals surface area contributed by atoms with Gasteiger partial charge in [-0.3, -0.25) is 0 Å². The normalized spacial score (nSPS) is 9.20. The summed E-state index contributed by atoms with van der Waals surface area (Å²) in [6.07, 6.45) is 0. The largest absolute Gasteiger partial charge is 0.493 e. The maximum atomic E-state index is 12.1. The Hall–Kier alpha value is -1.96. The van der Waals surface area contributed by atoms with Crippen molar-refractivity contribution in [1.82, 2.24) is 0 Å². The lowest BCUT2D eigenvalue weighted by molar-refractivity contribution is 0.182. The van der Waals surface area contributed by atoms with Crippen molar-refractivity contribution in [3.05, 3.63) is 17.7 Å². The number of methoxy groups -OCH3 is 2. The van der Waals surface area contributed by atoms with Gasteiger partial charge in [-0.05, 0) is 12.1 Å². The molecule has 0 bridgehead atoms. The summed E-state index contributed by atoms with van der Waals surface area (Å²) in [6.45, 7) is -1.03. The molecule has 0 N–H and O–H groups in total. The zero-order chi connectivity index (χ0) is 11.3. The Morgan fingerprint density at radius 1 is 1.27 bits per heavy atom. The highest BCUT2D eigenvalue weighted by atomic mass is 19.1. The van der Waals surface area contributed by atoms with Gasteiger partial charge in [-0.2, -0.15) is 5.26 Å². The number of hydrogen-bond acceptors (Lipinski definition) is 4. The van der Waals surface area contributed by atoms with Crippen LogP contribution in [0.3, 0.4) is 0 Å². The molecule has 5 heteroatoms. The van der Waals surface area contributed by atoms with Gasteiger partial charge >= 0.3 is 0 Å². The predicted octanol–water partition coefficient (Wildman–Crippen LogP) is 1.88. The van der Waals surface area contributed by atoms with E-state index >= 15 is 0 Å². The molecule has 0 heterocycles. The van der Waals surface area contributed by atoms with Crippen LogP contribution in [0.1, 0.15) is 5.56 Å². The van der Waals surface area contributed by atoms with Crippen LogP contribution >= 0.6 is 0 Å². The molecule has 0 aliphatic heterocycles. The van der Waals surface area contributed by atoms with Crippen LogP contribution in [0.25, 0.3) is 0 Å². The Bertz CT molecular complexity index is 387. The summed E-state index contributed by atoms with van der Waals surface area (Å²) >= 11 is 0. The van der Waals surface area contributed by atoms with E-state index in [0.717, 1.165) is 0 Å². The number of ether oxygens (including phenoxy) is 3. The number of alkyl halides is 1. The van der Waals surface area contributed by atoms with E-state index in [1.54, 1.807) is 6.07 Å². The fraction of sp³-hybridized carbons (Fsp3) is 0.300. The molecule has 0 amide bonds. The third-order valence-corrected chi connectivity index (χ3v) is 1.82. The number of halogens is 1. The summed E-state index contributed by atoms with van der Waals surface area (Å²) in [6, 6.07) is 4.92. The first kappa shape index (κ1) is 11.1. The first-order valence-electron chi connectivity index (χ1n) is 4.12. The van der Waals surface area contributed by atoms with E-state index in [1.165, 1.54) is 20.3 Å². The fourth-order valence-electron chi connectivity index (χ4n) is 1.18. The van der Waals surface area contributed by atoms with E-state index in [0.29, 0.717) is 5.75 Å². The van der Waals surface area contributed by atoms with Crippen molar-refractivity contribution in [3.63, 3.8) is 0 Å². The van der Waals surface area contributed by atoms with Crippen molar-refractivity contribution < 1.29 is 18.6 Å². The SMILES string of the molecule is COc1ccc(C#N)c(OCF)c1OC. The molecule has 1 rings (SSSR count). The van der Waals surface area contributed by atoms with Crippen molar-refractivity contribution in [3.8, 4) is 23.3 Å². The van der Waals surface area contributed by atoms with Crippen LogP contribution in [0.4, 0.5) is 4.39 Å². The molecule has 0 aliphatic carbocycles. The number of rotatable bonds is 4. The maximum Gasteiger partial charge on any atom is 0.228 e. The van der Waals surface area contributed by atoms with Gasteiger partial charge in [0.2, 0.25) is 12.6 Å². The zero-order valence-corrected chi connectivity index (χ0v) is 8.41. The average molecular weight is 211 g/mol. The first-order valence-corrected chi connectivity index (χ1v) is 4.12. The Labute approximate surface area is 86.8 Å². The second-order valence-electron chi connectivity index (χ2n) is 2.54. The summed E-state index contributed by atoms with van der Waals surface area (Å²) in [5.41, 5.74) is 0.199. The third kappa shape index (κ3) is 2.10. The van der Waals surface area contributed by atoms with Crippen molar-refractivity contribution in [2.75, 3.05) is 21.1 Å². The molecule has 0 spiro atoms. The van der Waals surface area contributed by atoms with Gasteiger partial charge in [0, 0.05) is 0 Å². The Kier molecular flexibility index (Phi) is 3.75. The second-order valence-corrected chi connectivity index (χ2v) is 2.54. The Morgan fingerprint density at radius 2 is 2.00 bits per heavy atom. The van der Waals surface area contributed by atoms with Crippen LogP contribution < -0.4 is 14.2 Å². The lowest BCUT2D eigenvalue weighted by Crippen LogP contribution is -1.99. The van der Waals surface area contributed by atoms with E-state index in [-0.39, 0.29) is 17.1 Å². The highest BCUT2D eigenvalue weighted by Gasteiger charge is 2.16. The van der Waals surface area contributed by atoms with E-state index < -0.39 is 6.86 Å². The fourth-order valence-corrected chi connectivity index (χ4v) is 1.18. The minimum absolute atomic E-state index is 0.0573. The molecular formula is C10H10FNO3. The zero-order valence-electron chi connectivity index (χ0n) is 8.41. The van der Waals surface area contributed by atoms with E-state index in [4.69, 9.17) is 19.5 Å². The molecular weight excluding hydrogens is 201 g/mol. The summed E-state index contributed by atoms with van der Waals surface area (Å²) in [7, 11) is 2.84. The molecule has 15 heavy (non-hydrogen) atoms. The van der Waals surface area contributed by atoms with Crippen LogP contribution in [0.15, 0.2) is 12.1 Å². The van der Waals surface area contributed by atoms with Crippen LogP contribution in [0.5, 0.6) is 17.2 Å². The standard InChI is InChI=1S/C10H10FNO3/c1-13-8-4-3-7(5-12)9(15-6-11)10(8)14-2/h3-4H,6H2,1-2H3. The smallest absolute Gasteiger partial charge is 0.228 e. The maximum absolute atomic E-state index is 12.1. The van der Waals surface area contributed by atoms with Gasteiger partial charge in [0.15, 0.2) is 11.5 Å². The minimum Gasteiger partial charge on any atom is -0.493 e. The number of hydrogen-bond donors (Lipinski definition) is 0. The first-order chi connectivity index (χ1) is 7.28. The van der Waals surface area contributed by atoms with Gasteiger partial charge < -0.3 is 14.2 Å². The molecule has 0 atom stereocenters. The lowest BCUT2D eigenvalue weighted by atomic mass is 10.2. The van der Waals surface area contributed by atoms with Gasteiger partial charge in [-0.25, -0.2) is 4.39 Å². The highest BCUT2D eigenvalue weighted by Crippen LogP contribution is 2.39. The van der Waals surface area contributed by atoms with Crippen molar-refractivity contribution >= 4 is 0 Å². The molecule has 1 aromatic rings. The van der Waals surface area contributed by atoms with E-state index in [2.05, 4.69) is 0 Å². The number of nitriles is 1. The van der Waals surface area contributed by atoms with Crippen LogP contribution in [0.2, 0.25) is 0 Å². The molecule has 4 nitrogen and oxygen atoms in total. The van der Waals surface area contributed by atoms with Gasteiger partial charge in [-0.1, -0.05) is 0 Å². The molecule has 1 aromatic carbocycles. The molecule has 0 unspecified atom stereocenters. The monoisotopic (exact) mass is 211 g/mol. The topological polar surface area (TPSA) is 51.5 Å². The van der Waals surface area contributed by atoms with Crippen LogP contribution in [-0.4, -0.2) is 21.1 Å². The molecule has 80 valence electrons. The summed E-state index contributed by atoms with van der Waals surface area (Å²) in [5, 5.41) is 8.78. The molecule has 0 saturated carbocycles. The Balaban J connectivity index is 3.32. The van der Waals surface area contributed by atoms with Crippen molar-refractivity contribution in [2.24, 2.45) is 0 Å². The summed E-state index contributed by atoms with van der Waals surface area (Å²) < 4.78 is 26.8. The molecule has 0 aliphatic rings. The third-order valence-electron chi connectivity index (χ3n) is 1.82. The summed E-state index contributed by atoms with van der Waals surface area (Å²) in [5.74, 6) is 0.663. The van der Waals surface area contributed by atoms with E-state index in [9.17, 15) is 4.39 Å². The van der Waals surface area contributed by atoms with Crippen molar-refractivity contribution in [2.45, 2.75) is 0 Å². The van der Waals surface area contributed by atoms with Gasteiger partial charge in [-0.15, -0.1) is 0 Å². The van der Waals surface area contributed by atoms with Gasteiger partial charge in [0.05, 0.1) is 19.8 Å². The quantitative estimate of drug-likeness (QED) is 0.763. The second kappa shape index (κ2) is 5.05. The van der Waals surface area contributed by atoms with Crippen molar-refractivity contribution in [1.29, 1.82) is 5.26 Å². The van der Waals surface area contributed by atoms with Crippen LogP contribution in [-0.2, 0) is 0 Å². The Morgan fingerprint density at radius 3 is 2.47 bits per heavy atom. The number of benzene rings is 1. The summed E-state index contributed by atoms with van der Waals surface area (Å²) in [4.78, 5) is 0. The number of nitrogens with zero attached hydrogens (tertiary/aromatic N) is 1. The average Bonchev–Trinajstić information content (AvgIpc) is 2.28. The van der Waals surface area contributed by atoms with E-state index in [1.807, 2.05) is 6.07 Å². The van der Waals surface area contributed by atoms with Gasteiger partial charge in [0.1, 0.15) is 6.07 Å². The molecule has 0 aromatic heterocycles. The predicted molar refractivity (Wildman–Crippen MR) is 50.9 cm³/mol. The lowest BCUT2D eigenvalue weighted by Gasteiger charge is -2.12. The minimum atomic E-state index is -1.03. The molecule has 0 radical (unpaired) electrons.